The van der Waals surface area contributed by atoms with Gasteiger partial charge >= 0.3 is 0 Å². The van der Waals surface area contributed by atoms with E-state index in [1.54, 1.807) is 23.4 Å². The highest BCUT2D eigenvalue weighted by Crippen LogP contribution is 2.17. The second-order valence-electron chi connectivity index (χ2n) is 9.10. The molecule has 1 atom stereocenters. The van der Waals surface area contributed by atoms with Crippen molar-refractivity contribution in [1.29, 1.82) is 0 Å². The van der Waals surface area contributed by atoms with Crippen molar-refractivity contribution in [1.82, 2.24) is 15.6 Å². The Labute approximate surface area is 233 Å². The molecule has 14 heteroatoms. The number of carbonyl (C=O) groups excluding carboxylic acids is 4. The molecule has 1 heterocycles. The third-order valence-electron chi connectivity index (χ3n) is 5.62. The third-order valence-corrected chi connectivity index (χ3v) is 5.86. The first-order chi connectivity index (χ1) is 19.1. The van der Waals surface area contributed by atoms with Gasteiger partial charge in [0.1, 0.15) is 17.3 Å². The first-order valence-electron chi connectivity index (χ1n) is 12.6. The monoisotopic (exact) mass is 571 g/mol. The average Bonchev–Trinajstić information content (AvgIpc) is 2.93. The number of benzene rings is 1. The number of isothiocyanates is 1. The summed E-state index contributed by atoms with van der Waals surface area (Å²) in [5, 5.41) is 13.3. The predicted octanol–water partition coefficient (Wildman–Crippen LogP) is 1.53. The van der Waals surface area contributed by atoms with Crippen molar-refractivity contribution in [3.63, 3.8) is 0 Å². The fraction of sp³-hybridized carbons (Fsp3) is 0.385. The zero-order chi connectivity index (χ0) is 29.5. The number of aldehydes is 1. The van der Waals surface area contributed by atoms with Crippen LogP contribution in [0.3, 0.4) is 0 Å². The van der Waals surface area contributed by atoms with Crippen LogP contribution in [0.2, 0.25) is 0 Å². The number of rotatable bonds is 15. The van der Waals surface area contributed by atoms with Gasteiger partial charge in [0, 0.05) is 37.0 Å². The van der Waals surface area contributed by atoms with E-state index < -0.39 is 22.2 Å². The minimum Gasteiger partial charge on any atom is -0.352 e. The van der Waals surface area contributed by atoms with Crippen LogP contribution in [-0.4, -0.2) is 55.2 Å². The number of hydrogen-bond donors (Lipinski definition) is 5. The Morgan fingerprint density at radius 3 is 2.48 bits per heavy atom. The number of carbonyl (C=O) groups is 4. The molecular weight excluding hydrogens is 538 g/mol. The number of amides is 3. The topological polar surface area (TPSA) is 202 Å². The highest BCUT2D eigenvalue weighted by Gasteiger charge is 2.17. The van der Waals surface area contributed by atoms with E-state index in [2.05, 4.69) is 31.5 Å². The van der Waals surface area contributed by atoms with Gasteiger partial charge in [0.25, 0.3) is 22.1 Å². The number of unbranched alkanes of at least 4 members (excludes halogenated alkanes) is 2. The van der Waals surface area contributed by atoms with Crippen molar-refractivity contribution in [2.24, 2.45) is 16.8 Å². The molecule has 2 rings (SSSR count). The van der Waals surface area contributed by atoms with Crippen LogP contribution in [0.4, 0.5) is 11.5 Å². The van der Waals surface area contributed by atoms with E-state index >= 15 is 0 Å². The zero-order valence-electron chi connectivity index (χ0n) is 22.3. The summed E-state index contributed by atoms with van der Waals surface area (Å²) in [5.74, 6) is -0.783. The molecule has 13 nitrogen and oxygen atoms in total. The maximum atomic E-state index is 12.6. The number of nitrogens with one attached hydrogen (secondary N) is 4. The lowest BCUT2D eigenvalue weighted by molar-refractivity contribution is -0.116. The second-order valence-corrected chi connectivity index (χ2v) is 9.75. The molecule has 40 heavy (non-hydrogen) atoms. The predicted molar refractivity (Wildman–Crippen MR) is 150 cm³/mol. The zero-order valence-corrected chi connectivity index (χ0v) is 23.1. The van der Waals surface area contributed by atoms with E-state index in [1.165, 1.54) is 18.3 Å². The highest BCUT2D eigenvalue weighted by atomic mass is 32.2. The lowest BCUT2D eigenvalue weighted by Crippen LogP contribution is -2.39. The van der Waals surface area contributed by atoms with Gasteiger partial charge in [0.05, 0.1) is 11.6 Å². The number of nitrogens with zero attached hydrogens (tertiary/aromatic N) is 2. The quantitative estimate of drug-likeness (QED) is 0.0691. The molecule has 6 N–H and O–H groups in total. The van der Waals surface area contributed by atoms with Crippen LogP contribution in [0.1, 0.15) is 65.8 Å². The van der Waals surface area contributed by atoms with Crippen molar-refractivity contribution in [3.05, 3.63) is 53.2 Å². The van der Waals surface area contributed by atoms with E-state index in [4.69, 9.17) is 5.73 Å². The van der Waals surface area contributed by atoms with Gasteiger partial charge in [-0.1, -0.05) is 20.3 Å². The summed E-state index contributed by atoms with van der Waals surface area (Å²) in [6.07, 6.45) is 4.21. The average molecular weight is 572 g/mol. The number of aromatic nitrogens is 1. The Morgan fingerprint density at radius 2 is 1.85 bits per heavy atom. The molecule has 3 amide bonds. The number of anilines is 2. The van der Waals surface area contributed by atoms with Crippen LogP contribution < -0.4 is 27.1 Å². The van der Waals surface area contributed by atoms with Gasteiger partial charge < -0.3 is 26.5 Å². The molecule has 0 unspecified atom stereocenters. The molecule has 0 aliphatic rings. The maximum Gasteiger partial charge on any atom is 0.281 e. The first-order valence-corrected chi connectivity index (χ1v) is 13.6. The smallest absolute Gasteiger partial charge is 0.281 e. The molecule has 0 radical (unpaired) electrons. The lowest BCUT2D eigenvalue weighted by atomic mass is 10.0. The molecule has 0 fully saturated rings. The molecular formula is C26H33N7O6S. The van der Waals surface area contributed by atoms with E-state index in [-0.39, 0.29) is 36.5 Å². The fourth-order valence-electron chi connectivity index (χ4n) is 3.43. The van der Waals surface area contributed by atoms with Gasteiger partial charge in [-0.2, -0.15) is 8.42 Å². The van der Waals surface area contributed by atoms with Crippen LogP contribution in [0.15, 0.2) is 41.6 Å². The van der Waals surface area contributed by atoms with Crippen LogP contribution in [0, 0.1) is 5.92 Å². The van der Waals surface area contributed by atoms with Crippen molar-refractivity contribution >= 4 is 51.0 Å². The molecule has 1 aromatic carbocycles. The molecule has 1 aromatic heterocycles. The Kier molecular flexibility index (Phi) is 13.2. The van der Waals surface area contributed by atoms with Gasteiger partial charge in [-0.25, -0.2) is 4.98 Å². The summed E-state index contributed by atoms with van der Waals surface area (Å²) in [6.45, 7) is 4.23. The molecule has 214 valence electrons. The summed E-state index contributed by atoms with van der Waals surface area (Å²) in [6, 6.07) is 7.22. The van der Waals surface area contributed by atoms with Crippen LogP contribution in [0.25, 0.3) is 0 Å². The van der Waals surface area contributed by atoms with E-state index in [1.807, 2.05) is 13.8 Å². The van der Waals surface area contributed by atoms with Crippen molar-refractivity contribution < 1.29 is 27.6 Å². The minimum absolute atomic E-state index is 0.0652. The molecule has 0 saturated heterocycles. The van der Waals surface area contributed by atoms with E-state index in [0.717, 1.165) is 0 Å². The van der Waals surface area contributed by atoms with Gasteiger partial charge in [-0.05, 0) is 54.7 Å². The Hall–Kier alpha value is -4.39. The molecule has 0 aliphatic heterocycles. The molecule has 0 saturated carbocycles. The highest BCUT2D eigenvalue weighted by molar-refractivity contribution is 7.70. The molecule has 0 spiro atoms. The van der Waals surface area contributed by atoms with Crippen LogP contribution in [-0.2, 0) is 26.4 Å². The minimum atomic E-state index is -2.55. The Morgan fingerprint density at radius 1 is 1.07 bits per heavy atom. The van der Waals surface area contributed by atoms with Crippen LogP contribution in [0.5, 0.6) is 0 Å². The summed E-state index contributed by atoms with van der Waals surface area (Å²) >= 11 is 0. The van der Waals surface area contributed by atoms with Crippen molar-refractivity contribution in [2.45, 2.75) is 52.1 Å². The number of hydrogen-bond acceptors (Lipinski definition) is 10. The van der Waals surface area contributed by atoms with E-state index in [0.29, 0.717) is 54.5 Å². The van der Waals surface area contributed by atoms with Gasteiger partial charge in [0.2, 0.25) is 5.91 Å². The maximum absolute atomic E-state index is 12.6. The SMILES string of the molecule is CC(C)[C@H](C=O)NC(=O)c1cc(CN)cc(NC(=O)CCCCCNC(=O)c2ccc(NN=C=S(=O)=O)nc2)c1. The number of pyridine rings is 1. The largest absolute Gasteiger partial charge is 0.352 e. The molecule has 0 aliphatic carbocycles. The summed E-state index contributed by atoms with van der Waals surface area (Å²) in [5.41, 5.74) is 9.85. The summed E-state index contributed by atoms with van der Waals surface area (Å²) in [4.78, 5) is 52.5. The van der Waals surface area contributed by atoms with Gasteiger partial charge in [-0.3, -0.25) is 19.8 Å². The van der Waals surface area contributed by atoms with E-state index in [9.17, 15) is 27.6 Å². The van der Waals surface area contributed by atoms with Crippen molar-refractivity contribution in [3.8, 4) is 0 Å². The van der Waals surface area contributed by atoms with Gasteiger partial charge in [-0.15, -0.1) is 5.10 Å². The lowest BCUT2D eigenvalue weighted by Gasteiger charge is -2.17. The Bertz CT molecular complexity index is 1360. The number of nitrogens with two attached hydrogens (primary N) is 1. The third kappa shape index (κ3) is 11.2. The summed E-state index contributed by atoms with van der Waals surface area (Å²) in [7, 11) is -2.55. The number of hydrazone groups is 1. The fourth-order valence-corrected chi connectivity index (χ4v) is 3.55. The summed E-state index contributed by atoms with van der Waals surface area (Å²) < 4.78 is 20.7. The standard InChI is InChI=1S/C26H33N7O6S/c1-17(2)22(15-34)32-26(37)20-10-18(13-27)11-21(12-20)31-24(35)6-4-3-5-9-28-25(36)19-7-8-23(29-14-19)33-30-16-40(38)39/h7-8,10-12,14-15,17,22H,3-6,9,13,27H2,1-2H3,(H,28,36)(H,29,33)(H,31,35)(H,32,37)/t22-/m0/s1. The first kappa shape index (κ1) is 31.8. The molecule has 0 bridgehead atoms. The molecule has 2 aromatic rings. The second kappa shape index (κ2) is 16.5. The van der Waals surface area contributed by atoms with Crippen LogP contribution >= 0.6 is 0 Å². The normalized spacial score (nSPS) is 11.1. The Balaban J connectivity index is 1.77. The van der Waals surface area contributed by atoms with Crippen molar-refractivity contribution in [2.75, 3.05) is 17.3 Å². The van der Waals surface area contributed by atoms with Gasteiger partial charge in [0.15, 0.2) is 0 Å².